The lowest BCUT2D eigenvalue weighted by Gasteiger charge is -2.18. The number of rotatable bonds is 8. The molecule has 0 amide bonds. The standard InChI is InChI=1S/C15H23F3N2O2/c1-11(8-15(16,17)18)19-12-4-6-14(7-5-12)22-10-13(21)9-20(2)3/h4-7,11,13,19,21H,8-10H2,1-3H3. The second-order valence-corrected chi connectivity index (χ2v) is 5.62. The van der Waals surface area contributed by atoms with Crippen LogP contribution in [0.15, 0.2) is 24.3 Å². The number of hydrogen-bond acceptors (Lipinski definition) is 4. The minimum Gasteiger partial charge on any atom is -0.491 e. The quantitative estimate of drug-likeness (QED) is 0.773. The van der Waals surface area contributed by atoms with E-state index in [2.05, 4.69) is 5.32 Å². The first kappa shape index (κ1) is 18.6. The largest absolute Gasteiger partial charge is 0.491 e. The van der Waals surface area contributed by atoms with Gasteiger partial charge in [-0.15, -0.1) is 0 Å². The molecule has 22 heavy (non-hydrogen) atoms. The predicted molar refractivity (Wildman–Crippen MR) is 80.3 cm³/mol. The van der Waals surface area contributed by atoms with Crippen LogP contribution in [0.3, 0.4) is 0 Å². The van der Waals surface area contributed by atoms with E-state index < -0.39 is 24.7 Å². The van der Waals surface area contributed by atoms with Crippen LogP contribution >= 0.6 is 0 Å². The van der Waals surface area contributed by atoms with Crippen molar-refractivity contribution in [2.75, 3.05) is 32.6 Å². The number of hydrogen-bond donors (Lipinski definition) is 2. The van der Waals surface area contributed by atoms with Crippen molar-refractivity contribution in [1.29, 1.82) is 0 Å². The highest BCUT2D eigenvalue weighted by atomic mass is 19.4. The van der Waals surface area contributed by atoms with Gasteiger partial charge in [0.25, 0.3) is 0 Å². The fourth-order valence-corrected chi connectivity index (χ4v) is 2.00. The van der Waals surface area contributed by atoms with Gasteiger partial charge in [0.1, 0.15) is 18.5 Å². The molecular weight excluding hydrogens is 297 g/mol. The Bertz CT molecular complexity index is 435. The van der Waals surface area contributed by atoms with Crippen LogP contribution in [-0.4, -0.2) is 55.6 Å². The van der Waals surface area contributed by atoms with Gasteiger partial charge in [-0.2, -0.15) is 13.2 Å². The van der Waals surface area contributed by atoms with Crippen molar-refractivity contribution in [3.63, 3.8) is 0 Å². The number of alkyl halides is 3. The maximum Gasteiger partial charge on any atom is 0.391 e. The van der Waals surface area contributed by atoms with Crippen molar-refractivity contribution >= 4 is 5.69 Å². The highest BCUT2D eigenvalue weighted by Crippen LogP contribution is 2.24. The van der Waals surface area contributed by atoms with E-state index in [1.807, 2.05) is 19.0 Å². The normalized spacial score (nSPS) is 14.7. The maximum atomic E-state index is 12.3. The van der Waals surface area contributed by atoms with Gasteiger partial charge in [0, 0.05) is 18.3 Å². The molecule has 1 rings (SSSR count). The zero-order valence-electron chi connectivity index (χ0n) is 13.0. The molecule has 1 aromatic carbocycles. The molecule has 0 aliphatic carbocycles. The fourth-order valence-electron chi connectivity index (χ4n) is 2.00. The Morgan fingerprint density at radius 1 is 1.23 bits per heavy atom. The lowest BCUT2D eigenvalue weighted by Crippen LogP contribution is -2.30. The third kappa shape index (κ3) is 8.09. The summed E-state index contributed by atoms with van der Waals surface area (Å²) in [4.78, 5) is 1.85. The smallest absolute Gasteiger partial charge is 0.391 e. The van der Waals surface area contributed by atoms with Gasteiger partial charge in [-0.3, -0.25) is 0 Å². The Hall–Kier alpha value is -1.47. The SMILES string of the molecule is CC(CC(F)(F)F)Nc1ccc(OCC(O)CN(C)C)cc1. The molecule has 0 heterocycles. The van der Waals surface area contributed by atoms with Crippen molar-refractivity contribution in [1.82, 2.24) is 4.90 Å². The van der Waals surface area contributed by atoms with Crippen LogP contribution in [0.5, 0.6) is 5.75 Å². The molecule has 0 aliphatic heterocycles. The first-order valence-electron chi connectivity index (χ1n) is 7.04. The molecular formula is C15H23F3N2O2. The summed E-state index contributed by atoms with van der Waals surface area (Å²) in [6.45, 7) is 2.14. The van der Waals surface area contributed by atoms with Gasteiger partial charge in [0.15, 0.2) is 0 Å². The average molecular weight is 320 g/mol. The van der Waals surface area contributed by atoms with Crippen molar-refractivity contribution < 1.29 is 23.0 Å². The van der Waals surface area contributed by atoms with E-state index in [4.69, 9.17) is 4.74 Å². The van der Waals surface area contributed by atoms with Gasteiger partial charge < -0.3 is 20.1 Å². The molecule has 0 saturated carbocycles. The Morgan fingerprint density at radius 2 is 1.82 bits per heavy atom. The van der Waals surface area contributed by atoms with Gasteiger partial charge in [-0.1, -0.05) is 0 Å². The number of nitrogens with one attached hydrogen (secondary N) is 1. The van der Waals surface area contributed by atoms with E-state index in [9.17, 15) is 18.3 Å². The van der Waals surface area contributed by atoms with Crippen LogP contribution in [0, 0.1) is 0 Å². The number of benzene rings is 1. The number of nitrogens with zero attached hydrogens (tertiary/aromatic N) is 1. The summed E-state index contributed by atoms with van der Waals surface area (Å²) in [6, 6.07) is 5.92. The summed E-state index contributed by atoms with van der Waals surface area (Å²) in [6.07, 6.45) is -5.67. The van der Waals surface area contributed by atoms with Crippen molar-refractivity contribution in [3.05, 3.63) is 24.3 Å². The summed E-state index contributed by atoms with van der Waals surface area (Å²) in [7, 11) is 3.71. The lowest BCUT2D eigenvalue weighted by atomic mass is 10.2. The molecule has 2 atom stereocenters. The molecule has 0 spiro atoms. The summed E-state index contributed by atoms with van der Waals surface area (Å²) < 4.78 is 42.2. The van der Waals surface area contributed by atoms with Crippen molar-refractivity contribution in [3.8, 4) is 5.75 Å². The second-order valence-electron chi connectivity index (χ2n) is 5.62. The highest BCUT2D eigenvalue weighted by molar-refractivity contribution is 5.46. The number of likely N-dealkylation sites (N-methyl/N-ethyl adjacent to an activating group) is 1. The van der Waals surface area contributed by atoms with Gasteiger partial charge in [0.2, 0.25) is 0 Å². The minimum atomic E-state index is -4.18. The number of aliphatic hydroxyl groups is 1. The highest BCUT2D eigenvalue weighted by Gasteiger charge is 2.29. The van der Waals surface area contributed by atoms with Crippen molar-refractivity contribution in [2.45, 2.75) is 31.7 Å². The lowest BCUT2D eigenvalue weighted by molar-refractivity contribution is -0.136. The minimum absolute atomic E-state index is 0.162. The fraction of sp³-hybridized carbons (Fsp3) is 0.600. The Labute approximate surface area is 128 Å². The second kappa shape index (κ2) is 8.24. The van der Waals surface area contributed by atoms with E-state index in [0.29, 0.717) is 18.0 Å². The molecule has 2 N–H and O–H groups in total. The molecule has 2 unspecified atom stereocenters. The molecule has 4 nitrogen and oxygen atoms in total. The third-order valence-electron chi connectivity index (χ3n) is 2.82. The summed E-state index contributed by atoms with van der Waals surface area (Å²) in [5.74, 6) is 0.562. The van der Waals surface area contributed by atoms with Crippen molar-refractivity contribution in [2.24, 2.45) is 0 Å². The maximum absolute atomic E-state index is 12.3. The first-order valence-corrected chi connectivity index (χ1v) is 7.04. The van der Waals surface area contributed by atoms with Gasteiger partial charge >= 0.3 is 6.18 Å². The van der Waals surface area contributed by atoms with Gasteiger partial charge in [0.05, 0.1) is 6.42 Å². The van der Waals surface area contributed by atoms with E-state index in [0.717, 1.165) is 0 Å². The Balaban J connectivity index is 2.43. The molecule has 1 aromatic rings. The average Bonchev–Trinajstić information content (AvgIpc) is 2.34. The predicted octanol–water partition coefficient (Wildman–Crippen LogP) is 2.74. The van der Waals surface area contributed by atoms with E-state index in [1.165, 1.54) is 6.92 Å². The van der Waals surface area contributed by atoms with Crippen LogP contribution in [-0.2, 0) is 0 Å². The number of anilines is 1. The first-order chi connectivity index (χ1) is 10.2. The number of ether oxygens (including phenoxy) is 1. The van der Waals surface area contributed by atoms with Crippen LogP contribution < -0.4 is 10.1 Å². The molecule has 0 radical (unpaired) electrons. The Morgan fingerprint density at radius 3 is 2.32 bits per heavy atom. The monoisotopic (exact) mass is 320 g/mol. The Kier molecular flexibility index (Phi) is 6.96. The van der Waals surface area contributed by atoms with Gasteiger partial charge in [-0.05, 0) is 45.3 Å². The summed E-state index contributed by atoms with van der Waals surface area (Å²) in [5.41, 5.74) is 0.595. The molecule has 0 fully saturated rings. The van der Waals surface area contributed by atoms with E-state index in [-0.39, 0.29) is 6.61 Å². The summed E-state index contributed by atoms with van der Waals surface area (Å²) in [5, 5.41) is 12.5. The molecule has 0 aromatic heterocycles. The molecule has 7 heteroatoms. The van der Waals surface area contributed by atoms with E-state index >= 15 is 0 Å². The molecule has 0 saturated heterocycles. The van der Waals surface area contributed by atoms with Crippen LogP contribution in [0.2, 0.25) is 0 Å². The zero-order chi connectivity index (χ0) is 16.8. The van der Waals surface area contributed by atoms with E-state index in [1.54, 1.807) is 24.3 Å². The molecule has 126 valence electrons. The van der Waals surface area contributed by atoms with Crippen LogP contribution in [0.4, 0.5) is 18.9 Å². The molecule has 0 aliphatic rings. The molecule has 0 bridgehead atoms. The van der Waals surface area contributed by atoms with Crippen LogP contribution in [0.1, 0.15) is 13.3 Å². The van der Waals surface area contributed by atoms with Crippen LogP contribution in [0.25, 0.3) is 0 Å². The zero-order valence-corrected chi connectivity index (χ0v) is 13.0. The topological polar surface area (TPSA) is 44.7 Å². The number of aliphatic hydroxyl groups excluding tert-OH is 1. The summed E-state index contributed by atoms with van der Waals surface area (Å²) >= 11 is 0. The van der Waals surface area contributed by atoms with Gasteiger partial charge in [-0.25, -0.2) is 0 Å². The number of halogens is 3. The third-order valence-corrected chi connectivity index (χ3v) is 2.82.